The zero-order valence-electron chi connectivity index (χ0n) is 16.6. The predicted molar refractivity (Wildman–Crippen MR) is 106 cm³/mol. The van der Waals surface area contributed by atoms with Crippen molar-refractivity contribution >= 4 is 29.4 Å². The van der Waals surface area contributed by atoms with Gasteiger partial charge in [-0.3, -0.25) is 19.3 Å². The van der Waals surface area contributed by atoms with E-state index in [0.717, 1.165) is 37.0 Å². The van der Waals surface area contributed by atoms with Crippen LogP contribution in [0.25, 0.3) is 0 Å². The Kier molecular flexibility index (Phi) is 5.02. The van der Waals surface area contributed by atoms with E-state index in [-0.39, 0.29) is 24.4 Å². The lowest BCUT2D eigenvalue weighted by atomic mass is 9.81. The molecule has 1 aromatic rings. The zero-order chi connectivity index (χ0) is 20.6. The molecule has 1 aromatic carbocycles. The van der Waals surface area contributed by atoms with Crippen molar-refractivity contribution in [2.45, 2.75) is 56.5 Å². The second kappa shape index (κ2) is 7.50. The molecule has 8 nitrogen and oxygen atoms in total. The lowest BCUT2D eigenvalue weighted by Crippen LogP contribution is -2.49. The molecular weight excluding hydrogens is 372 g/mol. The summed E-state index contributed by atoms with van der Waals surface area (Å²) >= 11 is 0. The summed E-state index contributed by atoms with van der Waals surface area (Å²) in [5.41, 5.74) is 0.123. The molecule has 2 saturated carbocycles. The van der Waals surface area contributed by atoms with E-state index in [0.29, 0.717) is 24.1 Å². The van der Waals surface area contributed by atoms with E-state index >= 15 is 0 Å². The maximum Gasteiger partial charge on any atom is 0.327 e. The highest BCUT2D eigenvalue weighted by molar-refractivity contribution is 6.10. The summed E-state index contributed by atoms with van der Waals surface area (Å²) in [6.45, 7) is -0.331. The third-order valence-corrected chi connectivity index (χ3v) is 6.11. The molecule has 4 rings (SSSR count). The van der Waals surface area contributed by atoms with Crippen molar-refractivity contribution in [3.05, 3.63) is 29.8 Å². The number of nitrogens with one attached hydrogen (secondary N) is 2. The van der Waals surface area contributed by atoms with Crippen LogP contribution in [-0.2, 0) is 9.59 Å². The molecule has 0 atom stereocenters. The smallest absolute Gasteiger partial charge is 0.327 e. The second-order valence-corrected chi connectivity index (χ2v) is 8.20. The number of imide groups is 1. The first kappa shape index (κ1) is 19.4. The number of hydrogen-bond donors (Lipinski definition) is 2. The number of hydrogen-bond acceptors (Lipinski definition) is 4. The van der Waals surface area contributed by atoms with Gasteiger partial charge in [0.1, 0.15) is 12.1 Å². The third-order valence-electron chi connectivity index (χ3n) is 6.11. The van der Waals surface area contributed by atoms with E-state index in [9.17, 15) is 19.2 Å². The number of amides is 5. The van der Waals surface area contributed by atoms with Crippen LogP contribution >= 0.6 is 0 Å². The van der Waals surface area contributed by atoms with Gasteiger partial charge in [0.2, 0.25) is 5.91 Å². The van der Waals surface area contributed by atoms with E-state index in [1.165, 1.54) is 4.90 Å². The summed E-state index contributed by atoms with van der Waals surface area (Å²) in [4.78, 5) is 52.9. The molecule has 2 N–H and O–H groups in total. The van der Waals surface area contributed by atoms with Crippen molar-refractivity contribution in [2.24, 2.45) is 0 Å². The molecule has 0 bridgehead atoms. The van der Waals surface area contributed by atoms with Crippen molar-refractivity contribution in [2.75, 3.05) is 18.9 Å². The van der Waals surface area contributed by atoms with Gasteiger partial charge in [0, 0.05) is 24.3 Å². The number of likely N-dealkylation sites (N-methyl/N-ethyl adjacent to an activating group) is 1. The van der Waals surface area contributed by atoms with Crippen molar-refractivity contribution < 1.29 is 19.2 Å². The van der Waals surface area contributed by atoms with Gasteiger partial charge in [-0.1, -0.05) is 25.3 Å². The minimum absolute atomic E-state index is 0.172. The molecule has 3 fully saturated rings. The number of carbonyl (C=O) groups excluding carboxylic acids is 4. The Hall–Kier alpha value is -2.90. The Bertz CT molecular complexity index is 858. The standard InChI is InChI=1S/C21H26N4O4/c1-24-20(29)25(19(28)21(24)10-3-2-4-11-21)13-17(26)22-16-7-5-6-14(12-16)18(27)23-15-8-9-15/h5-7,12,15H,2-4,8-11,13H2,1H3,(H,22,26)(H,23,27). The molecule has 0 unspecified atom stereocenters. The van der Waals surface area contributed by atoms with Gasteiger partial charge >= 0.3 is 6.03 Å². The van der Waals surface area contributed by atoms with Gasteiger partial charge in [-0.2, -0.15) is 0 Å². The largest absolute Gasteiger partial charge is 0.349 e. The van der Waals surface area contributed by atoms with Crippen LogP contribution in [0.3, 0.4) is 0 Å². The quantitative estimate of drug-likeness (QED) is 0.742. The Morgan fingerprint density at radius 3 is 2.55 bits per heavy atom. The summed E-state index contributed by atoms with van der Waals surface area (Å²) in [7, 11) is 1.64. The van der Waals surface area contributed by atoms with Crippen LogP contribution in [0.15, 0.2) is 24.3 Å². The molecular formula is C21H26N4O4. The molecule has 0 radical (unpaired) electrons. The number of nitrogens with zero attached hydrogens (tertiary/aromatic N) is 2. The SMILES string of the molecule is CN1C(=O)N(CC(=O)Nc2cccc(C(=O)NC3CC3)c2)C(=O)C12CCCCC2. The summed E-state index contributed by atoms with van der Waals surface area (Å²) in [6, 6.07) is 6.46. The highest BCUT2D eigenvalue weighted by Crippen LogP contribution is 2.39. The third kappa shape index (κ3) is 3.71. The van der Waals surface area contributed by atoms with Crippen LogP contribution in [0.5, 0.6) is 0 Å². The van der Waals surface area contributed by atoms with Crippen LogP contribution in [0.1, 0.15) is 55.3 Å². The van der Waals surface area contributed by atoms with Crippen molar-refractivity contribution in [1.82, 2.24) is 15.1 Å². The van der Waals surface area contributed by atoms with Crippen LogP contribution in [-0.4, -0.2) is 58.7 Å². The van der Waals surface area contributed by atoms with E-state index in [4.69, 9.17) is 0 Å². The van der Waals surface area contributed by atoms with Crippen LogP contribution in [0, 0.1) is 0 Å². The molecule has 1 spiro atoms. The van der Waals surface area contributed by atoms with Gasteiger partial charge in [0.15, 0.2) is 0 Å². The summed E-state index contributed by atoms with van der Waals surface area (Å²) in [5.74, 6) is -0.917. The Balaban J connectivity index is 1.41. The topological polar surface area (TPSA) is 98.8 Å². The molecule has 1 saturated heterocycles. The van der Waals surface area contributed by atoms with E-state index in [1.807, 2.05) is 0 Å². The lowest BCUT2D eigenvalue weighted by Gasteiger charge is -2.35. The Morgan fingerprint density at radius 2 is 1.86 bits per heavy atom. The van der Waals surface area contributed by atoms with Gasteiger partial charge < -0.3 is 15.5 Å². The highest BCUT2D eigenvalue weighted by Gasteiger charge is 2.55. The van der Waals surface area contributed by atoms with Crippen LogP contribution < -0.4 is 10.6 Å². The second-order valence-electron chi connectivity index (χ2n) is 8.20. The maximum atomic E-state index is 13.0. The van der Waals surface area contributed by atoms with Gasteiger partial charge in [0.25, 0.3) is 11.8 Å². The van der Waals surface area contributed by atoms with Crippen LogP contribution in [0.4, 0.5) is 10.5 Å². The highest BCUT2D eigenvalue weighted by atomic mass is 16.2. The molecule has 1 aliphatic heterocycles. The lowest BCUT2D eigenvalue weighted by molar-refractivity contribution is -0.136. The van der Waals surface area contributed by atoms with Gasteiger partial charge in [-0.25, -0.2) is 4.79 Å². The molecule has 8 heteroatoms. The van der Waals surface area contributed by atoms with Gasteiger partial charge in [-0.15, -0.1) is 0 Å². The van der Waals surface area contributed by atoms with E-state index in [2.05, 4.69) is 10.6 Å². The van der Waals surface area contributed by atoms with E-state index < -0.39 is 17.5 Å². The normalized spacial score (nSPS) is 20.9. The van der Waals surface area contributed by atoms with Crippen molar-refractivity contribution in [3.8, 4) is 0 Å². The first-order valence-corrected chi connectivity index (χ1v) is 10.2. The number of benzene rings is 1. The number of carbonyl (C=O) groups is 4. The summed E-state index contributed by atoms with van der Waals surface area (Å²) < 4.78 is 0. The first-order valence-electron chi connectivity index (χ1n) is 10.2. The monoisotopic (exact) mass is 398 g/mol. The molecule has 154 valence electrons. The minimum Gasteiger partial charge on any atom is -0.349 e. The predicted octanol–water partition coefficient (Wildman–Crippen LogP) is 2.11. The average Bonchev–Trinajstić information content (AvgIpc) is 3.52. The molecule has 0 aromatic heterocycles. The molecule has 29 heavy (non-hydrogen) atoms. The fraction of sp³-hybridized carbons (Fsp3) is 0.524. The van der Waals surface area contributed by atoms with Gasteiger partial charge in [-0.05, 0) is 43.9 Å². The number of urea groups is 1. The molecule has 1 heterocycles. The summed E-state index contributed by atoms with van der Waals surface area (Å²) in [5, 5.41) is 5.60. The number of anilines is 1. The fourth-order valence-corrected chi connectivity index (χ4v) is 4.25. The van der Waals surface area contributed by atoms with Crippen LogP contribution in [0.2, 0.25) is 0 Å². The van der Waals surface area contributed by atoms with E-state index in [1.54, 1.807) is 31.3 Å². The maximum absolute atomic E-state index is 13.0. The number of rotatable bonds is 5. The Morgan fingerprint density at radius 1 is 1.14 bits per heavy atom. The minimum atomic E-state index is -0.795. The Labute approximate surface area is 169 Å². The average molecular weight is 398 g/mol. The van der Waals surface area contributed by atoms with Gasteiger partial charge in [0.05, 0.1) is 0 Å². The van der Waals surface area contributed by atoms with Crippen molar-refractivity contribution in [1.29, 1.82) is 0 Å². The van der Waals surface area contributed by atoms with Crippen molar-refractivity contribution in [3.63, 3.8) is 0 Å². The molecule has 2 aliphatic carbocycles. The zero-order valence-corrected chi connectivity index (χ0v) is 16.6. The fourth-order valence-electron chi connectivity index (χ4n) is 4.25. The summed E-state index contributed by atoms with van der Waals surface area (Å²) in [6.07, 6.45) is 6.14. The molecule has 5 amide bonds. The molecule has 3 aliphatic rings. The first-order chi connectivity index (χ1) is 13.9.